The monoisotopic (exact) mass is 479 g/mol. The van der Waals surface area contributed by atoms with Crippen LogP contribution in [0.5, 0.6) is 0 Å². The van der Waals surface area contributed by atoms with Crippen LogP contribution in [0.15, 0.2) is 28.7 Å². The Kier molecular flexibility index (Phi) is 6.69. The van der Waals surface area contributed by atoms with Gasteiger partial charge < -0.3 is 14.1 Å². The Bertz CT molecular complexity index is 1160. The maximum absolute atomic E-state index is 13.1. The van der Waals surface area contributed by atoms with E-state index in [9.17, 15) is 14.4 Å². The molecule has 35 heavy (non-hydrogen) atoms. The number of ether oxygens (including phenoxy) is 1. The molecule has 0 radical (unpaired) electrons. The molecular formula is C29H37NO5. The average Bonchev–Trinajstić information content (AvgIpc) is 3.26. The standard InChI is InChI=1S/C29H37NO5/c1-7-34-27(33)21-17-30(13-10-24(21)31)26(32)25-9-8-20(35-25)15-19-16-23-22(14-18(19)2)28(3,4)11-12-29(23,5)6/h8-9,14,16,21H,7,10-13,15,17H2,1-6H3. The number of rotatable bonds is 5. The summed E-state index contributed by atoms with van der Waals surface area (Å²) in [7, 11) is 0. The number of nitrogens with zero attached hydrogens (tertiary/aromatic N) is 1. The van der Waals surface area contributed by atoms with E-state index in [0.717, 1.165) is 12.2 Å². The van der Waals surface area contributed by atoms with Crippen molar-refractivity contribution in [3.8, 4) is 0 Å². The van der Waals surface area contributed by atoms with E-state index in [1.165, 1.54) is 33.6 Å². The van der Waals surface area contributed by atoms with E-state index in [-0.39, 0.29) is 54.4 Å². The van der Waals surface area contributed by atoms with Crippen LogP contribution in [-0.2, 0) is 31.6 Å². The number of carbonyl (C=O) groups is 3. The smallest absolute Gasteiger partial charge is 0.318 e. The normalized spacial score (nSPS) is 20.9. The van der Waals surface area contributed by atoms with E-state index in [1.807, 2.05) is 6.07 Å². The van der Waals surface area contributed by atoms with Gasteiger partial charge in [-0.15, -0.1) is 0 Å². The summed E-state index contributed by atoms with van der Waals surface area (Å²) in [6, 6.07) is 8.20. The van der Waals surface area contributed by atoms with Crippen LogP contribution in [0.25, 0.3) is 0 Å². The molecule has 188 valence electrons. The van der Waals surface area contributed by atoms with Gasteiger partial charge in [0.1, 0.15) is 11.7 Å². The van der Waals surface area contributed by atoms with Crippen LogP contribution >= 0.6 is 0 Å². The van der Waals surface area contributed by atoms with E-state index < -0.39 is 11.9 Å². The predicted octanol–water partition coefficient (Wildman–Crippen LogP) is 5.12. The van der Waals surface area contributed by atoms with E-state index in [2.05, 4.69) is 46.8 Å². The number of Topliss-reactive ketones (excluding diaryl/α,β-unsaturated/α-hetero) is 1. The molecule has 1 aromatic carbocycles. The van der Waals surface area contributed by atoms with E-state index in [0.29, 0.717) is 6.42 Å². The van der Waals surface area contributed by atoms with Gasteiger partial charge in [0.2, 0.25) is 0 Å². The lowest BCUT2D eigenvalue weighted by atomic mass is 9.62. The number of aryl methyl sites for hydroxylation is 1. The van der Waals surface area contributed by atoms with Crippen LogP contribution in [0.1, 0.15) is 92.4 Å². The molecule has 2 heterocycles. The summed E-state index contributed by atoms with van der Waals surface area (Å²) in [5, 5.41) is 0. The average molecular weight is 480 g/mol. The van der Waals surface area contributed by atoms with Crippen LogP contribution in [0.2, 0.25) is 0 Å². The second-order valence-corrected chi connectivity index (χ2v) is 11.3. The van der Waals surface area contributed by atoms with Crippen molar-refractivity contribution in [2.45, 2.75) is 78.1 Å². The third-order valence-electron chi connectivity index (χ3n) is 7.82. The Morgan fingerprint density at radius 1 is 1.09 bits per heavy atom. The highest BCUT2D eigenvalue weighted by molar-refractivity contribution is 6.01. The molecule has 1 amide bonds. The summed E-state index contributed by atoms with van der Waals surface area (Å²) in [6.45, 7) is 13.6. The molecule has 6 heteroatoms. The van der Waals surface area contributed by atoms with Gasteiger partial charge in [-0.05, 0) is 71.9 Å². The van der Waals surface area contributed by atoms with Gasteiger partial charge in [-0.3, -0.25) is 14.4 Å². The highest BCUT2D eigenvalue weighted by Gasteiger charge is 2.38. The van der Waals surface area contributed by atoms with Crippen molar-refractivity contribution in [1.82, 2.24) is 4.90 Å². The zero-order chi connectivity index (χ0) is 25.5. The number of fused-ring (bicyclic) bond motifs is 1. The fraction of sp³-hybridized carbons (Fsp3) is 0.552. The molecule has 4 rings (SSSR count). The highest BCUT2D eigenvalue weighted by atomic mass is 16.5. The largest absolute Gasteiger partial charge is 0.465 e. The maximum atomic E-state index is 13.1. The molecule has 6 nitrogen and oxygen atoms in total. The molecule has 1 aliphatic heterocycles. The lowest BCUT2D eigenvalue weighted by Crippen LogP contribution is -2.47. The summed E-state index contributed by atoms with van der Waals surface area (Å²) < 4.78 is 11.0. The second kappa shape index (κ2) is 9.29. The van der Waals surface area contributed by atoms with Crippen molar-refractivity contribution in [2.24, 2.45) is 5.92 Å². The van der Waals surface area contributed by atoms with E-state index >= 15 is 0 Å². The van der Waals surface area contributed by atoms with E-state index in [1.54, 1.807) is 13.0 Å². The maximum Gasteiger partial charge on any atom is 0.318 e. The first-order chi connectivity index (χ1) is 16.4. The third-order valence-corrected chi connectivity index (χ3v) is 7.82. The molecule has 1 unspecified atom stereocenters. The lowest BCUT2D eigenvalue weighted by Gasteiger charge is -2.42. The lowest BCUT2D eigenvalue weighted by molar-refractivity contribution is -0.153. The zero-order valence-corrected chi connectivity index (χ0v) is 21.8. The minimum Gasteiger partial charge on any atom is -0.465 e. The molecule has 2 aliphatic rings. The molecule has 0 N–H and O–H groups in total. The molecule has 1 atom stereocenters. The number of hydrogen-bond acceptors (Lipinski definition) is 5. The van der Waals surface area contributed by atoms with Crippen molar-refractivity contribution in [3.05, 3.63) is 58.0 Å². The first-order valence-electron chi connectivity index (χ1n) is 12.6. The van der Waals surface area contributed by atoms with Crippen molar-refractivity contribution in [2.75, 3.05) is 19.7 Å². The summed E-state index contributed by atoms with van der Waals surface area (Å²) in [4.78, 5) is 38.9. The Morgan fingerprint density at radius 3 is 2.40 bits per heavy atom. The highest BCUT2D eigenvalue weighted by Crippen LogP contribution is 2.46. The Balaban J connectivity index is 1.52. The fourth-order valence-corrected chi connectivity index (χ4v) is 5.35. The van der Waals surface area contributed by atoms with Crippen molar-refractivity contribution in [1.29, 1.82) is 0 Å². The number of furan rings is 1. The Hall–Kier alpha value is -2.89. The molecule has 1 fully saturated rings. The van der Waals surface area contributed by atoms with Gasteiger partial charge in [0.25, 0.3) is 5.91 Å². The van der Waals surface area contributed by atoms with Crippen LogP contribution < -0.4 is 0 Å². The van der Waals surface area contributed by atoms with Crippen LogP contribution in [-0.4, -0.2) is 42.3 Å². The van der Waals surface area contributed by atoms with Gasteiger partial charge in [0.15, 0.2) is 11.5 Å². The number of carbonyl (C=O) groups excluding carboxylic acids is 3. The number of esters is 1. The van der Waals surface area contributed by atoms with Crippen LogP contribution in [0, 0.1) is 12.8 Å². The third kappa shape index (κ3) is 4.93. The molecule has 0 spiro atoms. The van der Waals surface area contributed by atoms with E-state index in [4.69, 9.17) is 9.15 Å². The first kappa shape index (κ1) is 25.2. The molecule has 0 bridgehead atoms. The topological polar surface area (TPSA) is 76.8 Å². The number of likely N-dealkylation sites (tertiary alicyclic amines) is 1. The number of piperidine rings is 1. The minimum atomic E-state index is -0.923. The van der Waals surface area contributed by atoms with Gasteiger partial charge in [0.05, 0.1) is 6.61 Å². The Labute approximate surface area is 208 Å². The summed E-state index contributed by atoms with van der Waals surface area (Å²) >= 11 is 0. The van der Waals surface area contributed by atoms with Gasteiger partial charge in [-0.1, -0.05) is 39.8 Å². The Morgan fingerprint density at radius 2 is 1.74 bits per heavy atom. The molecular weight excluding hydrogens is 442 g/mol. The summed E-state index contributed by atoms with van der Waals surface area (Å²) in [5.41, 5.74) is 5.55. The van der Waals surface area contributed by atoms with Gasteiger partial charge in [-0.2, -0.15) is 0 Å². The number of benzene rings is 1. The summed E-state index contributed by atoms with van der Waals surface area (Å²) in [5.74, 6) is -1.02. The van der Waals surface area contributed by atoms with Crippen molar-refractivity contribution in [3.63, 3.8) is 0 Å². The molecule has 2 aromatic rings. The van der Waals surface area contributed by atoms with Crippen LogP contribution in [0.3, 0.4) is 0 Å². The van der Waals surface area contributed by atoms with Gasteiger partial charge >= 0.3 is 5.97 Å². The number of hydrogen-bond donors (Lipinski definition) is 0. The van der Waals surface area contributed by atoms with Crippen molar-refractivity contribution < 1.29 is 23.5 Å². The quantitative estimate of drug-likeness (QED) is 0.439. The first-order valence-corrected chi connectivity index (χ1v) is 12.6. The number of amides is 1. The fourth-order valence-electron chi connectivity index (χ4n) is 5.35. The SMILES string of the molecule is CCOC(=O)C1CN(C(=O)c2ccc(Cc3cc4c(cc3C)C(C)(C)CCC4(C)C)o2)CCC1=O. The molecule has 1 saturated heterocycles. The minimum absolute atomic E-state index is 0.0291. The number of ketones is 1. The van der Waals surface area contributed by atoms with Crippen LogP contribution in [0.4, 0.5) is 0 Å². The molecule has 1 aliphatic carbocycles. The second-order valence-electron chi connectivity index (χ2n) is 11.3. The van der Waals surface area contributed by atoms with Gasteiger partial charge in [-0.25, -0.2) is 0 Å². The van der Waals surface area contributed by atoms with Gasteiger partial charge in [0, 0.05) is 25.9 Å². The predicted molar refractivity (Wildman–Crippen MR) is 134 cm³/mol. The summed E-state index contributed by atoms with van der Waals surface area (Å²) in [6.07, 6.45) is 3.07. The molecule has 0 saturated carbocycles. The zero-order valence-electron chi connectivity index (χ0n) is 21.8. The molecule has 1 aromatic heterocycles. The van der Waals surface area contributed by atoms with Crippen molar-refractivity contribution >= 4 is 17.7 Å².